The molecule has 0 bridgehead atoms. The molecule has 0 aliphatic rings. The normalized spacial score (nSPS) is 9.69. The van der Waals surface area contributed by atoms with Crippen LogP contribution in [0.1, 0.15) is 5.56 Å². The van der Waals surface area contributed by atoms with E-state index in [1.165, 1.54) is 7.11 Å². The van der Waals surface area contributed by atoms with E-state index >= 15 is 0 Å². The Morgan fingerprint density at radius 3 is 2.77 bits per heavy atom. The summed E-state index contributed by atoms with van der Waals surface area (Å²) in [5, 5.41) is 9.51. The van der Waals surface area contributed by atoms with Crippen LogP contribution in [0.4, 0.5) is 0 Å². The van der Waals surface area contributed by atoms with Gasteiger partial charge in [-0.3, -0.25) is 0 Å². The second-order valence-corrected chi connectivity index (χ2v) is 3.48. The number of benzene rings is 1. The number of phenols is 1. The van der Waals surface area contributed by atoms with Gasteiger partial charge in [-0.05, 0) is 40.0 Å². The molecule has 1 aromatic rings. The largest absolute Gasteiger partial charge is 0.504 e. The van der Waals surface area contributed by atoms with Crippen LogP contribution in [0.25, 0.3) is 0 Å². The van der Waals surface area contributed by atoms with Crippen molar-refractivity contribution in [2.45, 2.75) is 6.42 Å². The highest BCUT2D eigenvalue weighted by Crippen LogP contribution is 2.35. The maximum atomic E-state index is 9.51. The quantitative estimate of drug-likeness (QED) is 0.827. The molecule has 0 aliphatic heterocycles. The molecule has 0 heterocycles. The molecule has 0 amide bonds. The molecule has 2 nitrogen and oxygen atoms in total. The first-order valence-corrected chi connectivity index (χ1v) is 4.64. The molecule has 0 fully saturated rings. The van der Waals surface area contributed by atoms with Gasteiger partial charge in [-0.25, -0.2) is 0 Å². The fourth-order valence-electron chi connectivity index (χ4n) is 1.12. The molecule has 13 heavy (non-hydrogen) atoms. The summed E-state index contributed by atoms with van der Waals surface area (Å²) in [5.41, 5.74) is 1.00. The van der Waals surface area contributed by atoms with Gasteiger partial charge in [0.05, 0.1) is 11.6 Å². The van der Waals surface area contributed by atoms with Crippen molar-refractivity contribution in [3.05, 3.63) is 34.8 Å². The first-order valence-electron chi connectivity index (χ1n) is 3.85. The minimum atomic E-state index is 0.147. The van der Waals surface area contributed by atoms with Crippen molar-refractivity contribution in [1.29, 1.82) is 0 Å². The second-order valence-electron chi connectivity index (χ2n) is 2.62. The molecule has 1 N–H and O–H groups in total. The zero-order chi connectivity index (χ0) is 9.84. The molecule has 0 unspecified atom stereocenters. The minimum Gasteiger partial charge on any atom is -0.504 e. The maximum Gasteiger partial charge on any atom is 0.174 e. The van der Waals surface area contributed by atoms with E-state index in [0.29, 0.717) is 5.75 Å². The summed E-state index contributed by atoms with van der Waals surface area (Å²) in [6.07, 6.45) is 2.52. The third-order valence-electron chi connectivity index (χ3n) is 1.67. The van der Waals surface area contributed by atoms with Gasteiger partial charge >= 0.3 is 0 Å². The van der Waals surface area contributed by atoms with Crippen molar-refractivity contribution >= 4 is 15.9 Å². The van der Waals surface area contributed by atoms with Crippen molar-refractivity contribution in [3.63, 3.8) is 0 Å². The monoisotopic (exact) mass is 242 g/mol. The van der Waals surface area contributed by atoms with E-state index in [-0.39, 0.29) is 5.75 Å². The van der Waals surface area contributed by atoms with Gasteiger partial charge in [-0.2, -0.15) is 0 Å². The Morgan fingerprint density at radius 2 is 2.31 bits per heavy atom. The molecule has 0 saturated carbocycles. The molecule has 70 valence electrons. The number of methoxy groups -OCH3 is 1. The Bertz CT molecular complexity index is 298. The molecule has 1 rings (SSSR count). The Hall–Kier alpha value is -0.960. The van der Waals surface area contributed by atoms with E-state index in [9.17, 15) is 5.11 Å². The molecular weight excluding hydrogens is 232 g/mol. The van der Waals surface area contributed by atoms with Gasteiger partial charge < -0.3 is 9.84 Å². The maximum absolute atomic E-state index is 9.51. The van der Waals surface area contributed by atoms with E-state index in [4.69, 9.17) is 4.74 Å². The van der Waals surface area contributed by atoms with Crippen molar-refractivity contribution in [3.8, 4) is 11.5 Å². The predicted molar refractivity (Wildman–Crippen MR) is 56.3 cm³/mol. The van der Waals surface area contributed by atoms with Gasteiger partial charge in [0.2, 0.25) is 0 Å². The van der Waals surface area contributed by atoms with Crippen LogP contribution >= 0.6 is 15.9 Å². The lowest BCUT2D eigenvalue weighted by Crippen LogP contribution is -1.88. The summed E-state index contributed by atoms with van der Waals surface area (Å²) in [4.78, 5) is 0. The summed E-state index contributed by atoms with van der Waals surface area (Å²) in [5.74, 6) is 0.613. The van der Waals surface area contributed by atoms with Crippen LogP contribution in [0.15, 0.2) is 29.3 Å². The highest BCUT2D eigenvalue weighted by atomic mass is 79.9. The fourth-order valence-corrected chi connectivity index (χ4v) is 1.78. The van der Waals surface area contributed by atoms with Gasteiger partial charge in [-0.15, -0.1) is 6.58 Å². The molecule has 0 aliphatic carbocycles. The predicted octanol–water partition coefficient (Wildman–Crippen LogP) is 2.89. The molecule has 0 spiro atoms. The lowest BCUT2D eigenvalue weighted by atomic mass is 10.1. The van der Waals surface area contributed by atoms with Crippen LogP contribution < -0.4 is 4.74 Å². The highest BCUT2D eigenvalue weighted by Gasteiger charge is 2.07. The number of halogens is 1. The first-order chi connectivity index (χ1) is 6.19. The molecule has 0 radical (unpaired) electrons. The number of allylic oxidation sites excluding steroid dienone is 1. The van der Waals surface area contributed by atoms with Crippen molar-refractivity contribution in [2.24, 2.45) is 0 Å². The fraction of sp³-hybridized carbons (Fsp3) is 0.200. The Kier molecular flexibility index (Phi) is 3.37. The number of aromatic hydroxyl groups is 1. The minimum absolute atomic E-state index is 0.147. The van der Waals surface area contributed by atoms with Crippen LogP contribution in [0.5, 0.6) is 11.5 Å². The molecular formula is C10H11BrO2. The number of hydrogen-bond donors (Lipinski definition) is 1. The summed E-state index contributed by atoms with van der Waals surface area (Å²) in [7, 11) is 1.52. The second kappa shape index (κ2) is 4.33. The summed E-state index contributed by atoms with van der Waals surface area (Å²) >= 11 is 3.31. The van der Waals surface area contributed by atoms with Crippen molar-refractivity contribution < 1.29 is 9.84 Å². The third-order valence-corrected chi connectivity index (χ3v) is 2.26. The Labute approximate surface area is 86.0 Å². The number of hydrogen-bond acceptors (Lipinski definition) is 2. The van der Waals surface area contributed by atoms with Crippen LogP contribution in [0.2, 0.25) is 0 Å². The highest BCUT2D eigenvalue weighted by molar-refractivity contribution is 9.10. The van der Waals surface area contributed by atoms with Crippen molar-refractivity contribution in [2.75, 3.05) is 7.11 Å². The first kappa shape index (κ1) is 10.1. The number of phenolic OH excluding ortho intramolecular Hbond substituents is 1. The van der Waals surface area contributed by atoms with Gasteiger partial charge in [0.1, 0.15) is 0 Å². The molecule has 1 aromatic carbocycles. The van der Waals surface area contributed by atoms with Crippen LogP contribution in [-0.4, -0.2) is 12.2 Å². The molecule has 0 aromatic heterocycles. The molecule has 0 saturated heterocycles. The van der Waals surface area contributed by atoms with E-state index in [1.54, 1.807) is 12.1 Å². The third kappa shape index (κ3) is 2.25. The average molecular weight is 243 g/mol. The van der Waals surface area contributed by atoms with E-state index in [0.717, 1.165) is 16.5 Å². The Morgan fingerprint density at radius 1 is 1.62 bits per heavy atom. The van der Waals surface area contributed by atoms with Crippen molar-refractivity contribution in [1.82, 2.24) is 0 Å². The SMILES string of the molecule is C=CCc1cc(O)c(OC)c(Br)c1. The summed E-state index contributed by atoms with van der Waals surface area (Å²) < 4.78 is 5.74. The molecule has 3 heteroatoms. The van der Waals surface area contributed by atoms with Crippen LogP contribution in [-0.2, 0) is 6.42 Å². The van der Waals surface area contributed by atoms with Gasteiger partial charge in [0, 0.05) is 0 Å². The summed E-state index contributed by atoms with van der Waals surface area (Å²) in [6, 6.07) is 3.57. The zero-order valence-corrected chi connectivity index (χ0v) is 8.97. The van der Waals surface area contributed by atoms with E-state index in [2.05, 4.69) is 22.5 Å². The lowest BCUT2D eigenvalue weighted by molar-refractivity contribution is 0.371. The van der Waals surface area contributed by atoms with Gasteiger partial charge in [0.15, 0.2) is 11.5 Å². The van der Waals surface area contributed by atoms with E-state index < -0.39 is 0 Å². The Balaban J connectivity index is 3.12. The van der Waals surface area contributed by atoms with E-state index in [1.807, 2.05) is 6.07 Å². The van der Waals surface area contributed by atoms with Crippen LogP contribution in [0.3, 0.4) is 0 Å². The number of rotatable bonds is 3. The topological polar surface area (TPSA) is 29.5 Å². The standard InChI is InChI=1S/C10H11BrO2/c1-3-4-7-5-8(11)10(13-2)9(12)6-7/h3,5-6,12H,1,4H2,2H3. The average Bonchev–Trinajstić information content (AvgIpc) is 2.04. The van der Waals surface area contributed by atoms with Crippen LogP contribution in [0, 0.1) is 0 Å². The lowest BCUT2D eigenvalue weighted by Gasteiger charge is -2.07. The van der Waals surface area contributed by atoms with Gasteiger partial charge in [-0.1, -0.05) is 6.08 Å². The summed E-state index contributed by atoms with van der Waals surface area (Å²) in [6.45, 7) is 3.63. The molecule has 0 atom stereocenters. The smallest absolute Gasteiger partial charge is 0.174 e. The van der Waals surface area contributed by atoms with Gasteiger partial charge in [0.25, 0.3) is 0 Å². The number of ether oxygens (including phenoxy) is 1. The zero-order valence-electron chi connectivity index (χ0n) is 7.38.